The van der Waals surface area contributed by atoms with Crippen LogP contribution in [-0.2, 0) is 16.8 Å². The Labute approximate surface area is 159 Å². The molecule has 1 N–H and O–H groups in total. The monoisotopic (exact) mass is 380 g/mol. The summed E-state index contributed by atoms with van der Waals surface area (Å²) in [6.07, 6.45) is 0. The van der Waals surface area contributed by atoms with Crippen molar-refractivity contribution < 1.29 is 13.2 Å². The maximum Gasteiger partial charge on any atom is 0.304 e. The summed E-state index contributed by atoms with van der Waals surface area (Å²) in [6, 6.07) is 25.8. The molecule has 0 saturated carbocycles. The third-order valence-corrected chi connectivity index (χ3v) is 5.53. The summed E-state index contributed by atoms with van der Waals surface area (Å²) >= 11 is 0. The van der Waals surface area contributed by atoms with Gasteiger partial charge in [0.15, 0.2) is 0 Å². The number of nitrogens with one attached hydrogen (secondary N) is 1. The molecule has 27 heavy (non-hydrogen) atoms. The number of hydrogen-bond donors (Lipinski definition) is 1. The zero-order valence-corrected chi connectivity index (χ0v) is 15.7. The summed E-state index contributed by atoms with van der Waals surface area (Å²) in [5, 5.41) is 0. The fraction of sp³-hybridized carbons (Fsp3) is 0.0952. The summed E-state index contributed by atoms with van der Waals surface area (Å²) in [6.45, 7) is 0.177. The van der Waals surface area contributed by atoms with Gasteiger partial charge < -0.3 is 0 Å². The van der Waals surface area contributed by atoms with Gasteiger partial charge >= 0.3 is 10.2 Å². The molecule has 5 nitrogen and oxygen atoms in total. The van der Waals surface area contributed by atoms with Gasteiger partial charge in [0.05, 0.1) is 0 Å². The van der Waals surface area contributed by atoms with E-state index >= 15 is 0 Å². The average molecular weight is 380 g/mol. The van der Waals surface area contributed by atoms with Crippen molar-refractivity contribution in [1.29, 1.82) is 0 Å². The summed E-state index contributed by atoms with van der Waals surface area (Å²) in [5.41, 5.74) is 3.10. The van der Waals surface area contributed by atoms with E-state index in [9.17, 15) is 13.2 Å². The van der Waals surface area contributed by atoms with E-state index in [2.05, 4.69) is 4.72 Å². The summed E-state index contributed by atoms with van der Waals surface area (Å²) < 4.78 is 28.0. The highest BCUT2D eigenvalue weighted by Crippen LogP contribution is 2.19. The summed E-state index contributed by atoms with van der Waals surface area (Å²) in [7, 11) is -2.50. The Hall–Kier alpha value is -2.96. The van der Waals surface area contributed by atoms with Gasteiger partial charge in [-0.25, -0.2) is 4.72 Å². The summed E-state index contributed by atoms with van der Waals surface area (Å²) in [5.74, 6) is -0.658. The predicted molar refractivity (Wildman–Crippen MR) is 106 cm³/mol. The molecule has 0 heterocycles. The van der Waals surface area contributed by atoms with Gasteiger partial charge in [-0.1, -0.05) is 72.8 Å². The van der Waals surface area contributed by atoms with Crippen LogP contribution in [0.1, 0.15) is 15.9 Å². The highest BCUT2D eigenvalue weighted by atomic mass is 32.2. The van der Waals surface area contributed by atoms with Crippen molar-refractivity contribution in [2.24, 2.45) is 0 Å². The first-order valence-electron chi connectivity index (χ1n) is 8.43. The molecule has 3 aromatic rings. The minimum atomic E-state index is -3.93. The molecule has 138 valence electrons. The number of hydrogen-bond acceptors (Lipinski definition) is 3. The first-order valence-corrected chi connectivity index (χ1v) is 9.87. The van der Waals surface area contributed by atoms with Crippen LogP contribution in [0.5, 0.6) is 0 Å². The third kappa shape index (κ3) is 4.81. The second-order valence-corrected chi connectivity index (χ2v) is 7.90. The number of carbonyl (C=O) groups is 1. The first kappa shape index (κ1) is 18.8. The van der Waals surface area contributed by atoms with Crippen molar-refractivity contribution >= 4 is 16.1 Å². The molecule has 0 atom stereocenters. The second kappa shape index (κ2) is 8.16. The Morgan fingerprint density at radius 3 is 1.93 bits per heavy atom. The number of nitrogens with zero attached hydrogens (tertiary/aromatic N) is 1. The lowest BCUT2D eigenvalue weighted by Crippen LogP contribution is -2.41. The van der Waals surface area contributed by atoms with Crippen LogP contribution < -0.4 is 4.72 Å². The minimum Gasteiger partial charge on any atom is -0.268 e. The Bertz CT molecular complexity index is 1000. The molecule has 3 rings (SSSR count). The Morgan fingerprint density at radius 1 is 0.815 bits per heavy atom. The minimum absolute atomic E-state index is 0.177. The van der Waals surface area contributed by atoms with Gasteiger partial charge in [0, 0.05) is 19.2 Å². The van der Waals surface area contributed by atoms with E-state index in [1.807, 2.05) is 60.7 Å². The van der Waals surface area contributed by atoms with Crippen LogP contribution in [0.3, 0.4) is 0 Å². The van der Waals surface area contributed by atoms with Gasteiger partial charge in [-0.3, -0.25) is 4.79 Å². The Morgan fingerprint density at radius 2 is 1.33 bits per heavy atom. The Kier molecular flexibility index (Phi) is 5.69. The van der Waals surface area contributed by atoms with E-state index < -0.39 is 16.1 Å². The third-order valence-electron chi connectivity index (χ3n) is 4.13. The fourth-order valence-electron chi connectivity index (χ4n) is 2.62. The van der Waals surface area contributed by atoms with Crippen molar-refractivity contribution in [2.75, 3.05) is 7.05 Å². The molecule has 0 unspecified atom stereocenters. The molecule has 0 aliphatic carbocycles. The van der Waals surface area contributed by atoms with E-state index in [-0.39, 0.29) is 12.1 Å². The van der Waals surface area contributed by atoms with Gasteiger partial charge in [-0.2, -0.15) is 12.7 Å². The van der Waals surface area contributed by atoms with Crippen molar-refractivity contribution in [3.8, 4) is 11.1 Å². The lowest BCUT2D eigenvalue weighted by atomic mass is 10.0. The molecule has 6 heteroatoms. The maximum atomic E-state index is 12.4. The molecule has 0 spiro atoms. The normalized spacial score (nSPS) is 11.3. The van der Waals surface area contributed by atoms with Gasteiger partial charge in [-0.05, 0) is 28.8 Å². The van der Waals surface area contributed by atoms with Crippen molar-refractivity contribution in [3.63, 3.8) is 0 Å². The number of benzene rings is 3. The molecule has 0 saturated heterocycles. The van der Waals surface area contributed by atoms with Crippen molar-refractivity contribution in [3.05, 3.63) is 96.1 Å². The number of rotatable bonds is 6. The molecule has 1 amide bonds. The largest absolute Gasteiger partial charge is 0.304 e. The van der Waals surface area contributed by atoms with E-state index in [1.54, 1.807) is 24.3 Å². The van der Waals surface area contributed by atoms with Crippen LogP contribution in [-0.4, -0.2) is 25.7 Å². The van der Waals surface area contributed by atoms with E-state index in [4.69, 9.17) is 0 Å². The zero-order chi connectivity index (χ0) is 19.3. The lowest BCUT2D eigenvalue weighted by molar-refractivity contribution is 0.0979. The van der Waals surface area contributed by atoms with Gasteiger partial charge in [0.2, 0.25) is 0 Å². The molecule has 0 fully saturated rings. The molecule has 0 aromatic heterocycles. The number of carbonyl (C=O) groups excluding carboxylic acids is 1. The summed E-state index contributed by atoms with van der Waals surface area (Å²) in [4.78, 5) is 12.3. The van der Waals surface area contributed by atoms with Crippen LogP contribution in [0.2, 0.25) is 0 Å². The molecule has 0 bridgehead atoms. The van der Waals surface area contributed by atoms with Gasteiger partial charge in [0.1, 0.15) is 0 Å². The van der Waals surface area contributed by atoms with E-state index in [0.717, 1.165) is 21.0 Å². The SMILES string of the molecule is CN(Cc1ccccc1)S(=O)(=O)NC(=O)c1ccc(-c2ccccc2)cc1. The predicted octanol–water partition coefficient (Wildman–Crippen LogP) is 3.46. The quantitative estimate of drug-likeness (QED) is 0.712. The Balaban J connectivity index is 1.68. The van der Waals surface area contributed by atoms with Crippen LogP contribution in [0, 0.1) is 0 Å². The highest BCUT2D eigenvalue weighted by molar-refractivity contribution is 7.87. The lowest BCUT2D eigenvalue weighted by Gasteiger charge is -2.17. The molecular formula is C21H20N2O3S. The van der Waals surface area contributed by atoms with Gasteiger partial charge in [-0.15, -0.1) is 0 Å². The molecule has 0 radical (unpaired) electrons. The van der Waals surface area contributed by atoms with Crippen molar-refractivity contribution in [1.82, 2.24) is 9.03 Å². The molecule has 3 aromatic carbocycles. The smallest absolute Gasteiger partial charge is 0.268 e. The average Bonchev–Trinajstić information content (AvgIpc) is 2.69. The number of amides is 1. The first-order chi connectivity index (χ1) is 13.0. The second-order valence-electron chi connectivity index (χ2n) is 6.12. The van der Waals surface area contributed by atoms with Crippen molar-refractivity contribution in [2.45, 2.75) is 6.54 Å². The standard InChI is InChI=1S/C21H20N2O3S/c1-23(16-17-8-4-2-5-9-17)27(25,26)22-21(24)20-14-12-19(13-15-20)18-10-6-3-7-11-18/h2-15H,16H2,1H3,(H,22,24). The van der Waals surface area contributed by atoms with Crippen LogP contribution in [0.25, 0.3) is 11.1 Å². The topological polar surface area (TPSA) is 66.5 Å². The highest BCUT2D eigenvalue weighted by Gasteiger charge is 2.21. The van der Waals surface area contributed by atoms with E-state index in [0.29, 0.717) is 0 Å². The van der Waals surface area contributed by atoms with Crippen LogP contribution >= 0.6 is 0 Å². The maximum absolute atomic E-state index is 12.4. The molecular weight excluding hydrogens is 360 g/mol. The van der Waals surface area contributed by atoms with Gasteiger partial charge in [0.25, 0.3) is 5.91 Å². The zero-order valence-electron chi connectivity index (χ0n) is 14.9. The van der Waals surface area contributed by atoms with E-state index in [1.165, 1.54) is 7.05 Å². The molecule has 0 aliphatic rings. The van der Waals surface area contributed by atoms with Crippen LogP contribution in [0.4, 0.5) is 0 Å². The molecule has 0 aliphatic heterocycles. The fourth-order valence-corrected chi connectivity index (χ4v) is 3.45. The van der Waals surface area contributed by atoms with Crippen LogP contribution in [0.15, 0.2) is 84.9 Å².